The predicted molar refractivity (Wildman–Crippen MR) is 87.8 cm³/mol. The lowest BCUT2D eigenvalue weighted by molar-refractivity contribution is -0.121. The third-order valence-electron chi connectivity index (χ3n) is 3.49. The van der Waals surface area contributed by atoms with E-state index in [1.54, 1.807) is 0 Å². The predicted octanol–water partition coefficient (Wildman–Crippen LogP) is 2.53. The molecule has 3 N–H and O–H groups in total. The Labute approximate surface area is 135 Å². The van der Waals surface area contributed by atoms with E-state index in [1.807, 2.05) is 37.3 Å². The van der Waals surface area contributed by atoms with Gasteiger partial charge in [0.15, 0.2) is 11.5 Å². The Bertz CT molecular complexity index is 656. The van der Waals surface area contributed by atoms with Gasteiger partial charge in [0, 0.05) is 6.54 Å². The Kier molecular flexibility index (Phi) is 5.86. The first kappa shape index (κ1) is 16.7. The smallest absolute Gasteiger partial charge is 0.223 e. The number of amides is 1. The number of aryl methyl sites for hydroxylation is 1. The number of aromatic hydroxyl groups is 2. The first-order chi connectivity index (χ1) is 11.1. The zero-order chi connectivity index (χ0) is 16.7. The highest BCUT2D eigenvalue weighted by atomic mass is 16.5. The highest BCUT2D eigenvalue weighted by molar-refractivity contribution is 5.76. The Morgan fingerprint density at radius 2 is 1.83 bits per heavy atom. The number of rotatable bonds is 7. The van der Waals surface area contributed by atoms with E-state index < -0.39 is 0 Å². The van der Waals surface area contributed by atoms with Crippen LogP contribution in [0.25, 0.3) is 0 Å². The molecule has 23 heavy (non-hydrogen) atoms. The van der Waals surface area contributed by atoms with Crippen molar-refractivity contribution in [3.8, 4) is 17.2 Å². The van der Waals surface area contributed by atoms with E-state index >= 15 is 0 Å². The number of carbonyl (C=O) groups is 1. The van der Waals surface area contributed by atoms with Crippen molar-refractivity contribution in [2.24, 2.45) is 0 Å². The molecule has 0 aliphatic carbocycles. The topological polar surface area (TPSA) is 78.8 Å². The summed E-state index contributed by atoms with van der Waals surface area (Å²) in [5.74, 6) is 0.388. The number of hydrogen-bond donors (Lipinski definition) is 3. The zero-order valence-corrected chi connectivity index (χ0v) is 13.1. The second-order valence-electron chi connectivity index (χ2n) is 5.28. The summed E-state index contributed by atoms with van der Waals surface area (Å²) in [6.07, 6.45) is 0.875. The molecule has 0 fully saturated rings. The lowest BCUT2D eigenvalue weighted by Gasteiger charge is -2.10. The maximum absolute atomic E-state index is 11.7. The van der Waals surface area contributed by atoms with E-state index in [9.17, 15) is 15.0 Å². The summed E-state index contributed by atoms with van der Waals surface area (Å²) in [5, 5.41) is 21.7. The minimum Gasteiger partial charge on any atom is -0.504 e. The molecule has 5 nitrogen and oxygen atoms in total. The van der Waals surface area contributed by atoms with Gasteiger partial charge in [-0.05, 0) is 48.7 Å². The minimum atomic E-state index is -0.145. The van der Waals surface area contributed by atoms with Gasteiger partial charge in [0.25, 0.3) is 0 Å². The van der Waals surface area contributed by atoms with Crippen LogP contribution >= 0.6 is 0 Å². The van der Waals surface area contributed by atoms with E-state index in [-0.39, 0.29) is 23.8 Å². The van der Waals surface area contributed by atoms with Crippen molar-refractivity contribution in [1.29, 1.82) is 0 Å². The summed E-state index contributed by atoms with van der Waals surface area (Å²) in [6, 6.07) is 12.4. The third-order valence-corrected chi connectivity index (χ3v) is 3.49. The molecule has 2 rings (SSSR count). The van der Waals surface area contributed by atoms with E-state index in [0.717, 1.165) is 16.9 Å². The number of benzene rings is 2. The van der Waals surface area contributed by atoms with Gasteiger partial charge in [-0.2, -0.15) is 0 Å². The molecule has 0 radical (unpaired) electrons. The largest absolute Gasteiger partial charge is 0.504 e. The van der Waals surface area contributed by atoms with Crippen molar-refractivity contribution in [1.82, 2.24) is 5.32 Å². The molecule has 0 heterocycles. The molecule has 0 aliphatic rings. The van der Waals surface area contributed by atoms with Crippen LogP contribution in [0.2, 0.25) is 0 Å². The lowest BCUT2D eigenvalue weighted by Crippen LogP contribution is -2.27. The van der Waals surface area contributed by atoms with E-state index in [2.05, 4.69) is 5.32 Å². The van der Waals surface area contributed by atoms with Crippen molar-refractivity contribution in [3.63, 3.8) is 0 Å². The van der Waals surface area contributed by atoms with Crippen LogP contribution in [0.3, 0.4) is 0 Å². The Morgan fingerprint density at radius 1 is 1.13 bits per heavy atom. The molecule has 0 atom stereocenters. The van der Waals surface area contributed by atoms with Crippen LogP contribution in [-0.2, 0) is 11.2 Å². The van der Waals surface area contributed by atoms with Crippen LogP contribution in [0.1, 0.15) is 17.5 Å². The zero-order valence-electron chi connectivity index (χ0n) is 13.1. The quantitative estimate of drug-likeness (QED) is 0.686. The number of ether oxygens (including phenoxy) is 1. The standard InChI is InChI=1S/C18H21NO4/c1-13-11-16(20)17(21)12-14(13)7-9-19-18(22)8-10-23-15-5-3-2-4-6-15/h2-6,11-12,20-21H,7-10H2,1H3,(H,19,22). The van der Waals surface area contributed by atoms with Gasteiger partial charge in [0.2, 0.25) is 5.91 Å². The second-order valence-corrected chi connectivity index (χ2v) is 5.28. The fourth-order valence-electron chi connectivity index (χ4n) is 2.20. The van der Waals surface area contributed by atoms with Crippen LogP contribution in [0.5, 0.6) is 17.2 Å². The summed E-state index contributed by atoms with van der Waals surface area (Å²) in [7, 11) is 0. The third kappa shape index (κ3) is 5.21. The summed E-state index contributed by atoms with van der Waals surface area (Å²) < 4.78 is 5.47. The van der Waals surface area contributed by atoms with Gasteiger partial charge in [-0.25, -0.2) is 0 Å². The maximum atomic E-state index is 11.7. The highest BCUT2D eigenvalue weighted by Crippen LogP contribution is 2.27. The number of nitrogens with one attached hydrogen (secondary N) is 1. The molecule has 2 aromatic rings. The van der Waals surface area contributed by atoms with Gasteiger partial charge in [0.1, 0.15) is 5.75 Å². The summed E-state index contributed by atoms with van der Waals surface area (Å²) in [5.41, 5.74) is 1.77. The first-order valence-electron chi connectivity index (χ1n) is 7.52. The molecular formula is C18H21NO4. The molecule has 0 bridgehead atoms. The van der Waals surface area contributed by atoms with Gasteiger partial charge in [-0.1, -0.05) is 18.2 Å². The van der Waals surface area contributed by atoms with Crippen LogP contribution in [-0.4, -0.2) is 29.3 Å². The van der Waals surface area contributed by atoms with Crippen molar-refractivity contribution >= 4 is 5.91 Å². The minimum absolute atomic E-state index is 0.0819. The average Bonchev–Trinajstić information content (AvgIpc) is 2.53. The second kappa shape index (κ2) is 8.08. The van der Waals surface area contributed by atoms with Crippen LogP contribution in [0.15, 0.2) is 42.5 Å². The van der Waals surface area contributed by atoms with Gasteiger partial charge in [-0.15, -0.1) is 0 Å². The van der Waals surface area contributed by atoms with Crippen molar-refractivity contribution in [3.05, 3.63) is 53.6 Å². The van der Waals surface area contributed by atoms with Gasteiger partial charge in [-0.3, -0.25) is 4.79 Å². The van der Waals surface area contributed by atoms with E-state index in [1.165, 1.54) is 12.1 Å². The van der Waals surface area contributed by atoms with Gasteiger partial charge >= 0.3 is 0 Å². The number of hydrogen-bond acceptors (Lipinski definition) is 4. The Morgan fingerprint density at radius 3 is 2.57 bits per heavy atom. The van der Waals surface area contributed by atoms with Crippen molar-refractivity contribution < 1.29 is 19.7 Å². The molecule has 0 spiro atoms. The monoisotopic (exact) mass is 315 g/mol. The number of para-hydroxylation sites is 1. The fourth-order valence-corrected chi connectivity index (χ4v) is 2.20. The lowest BCUT2D eigenvalue weighted by atomic mass is 10.0. The molecule has 0 saturated carbocycles. The summed E-state index contributed by atoms with van der Waals surface area (Å²) in [4.78, 5) is 11.7. The molecule has 0 saturated heterocycles. The maximum Gasteiger partial charge on any atom is 0.223 e. The molecule has 0 aliphatic heterocycles. The molecule has 2 aromatic carbocycles. The summed E-state index contributed by atoms with van der Waals surface area (Å²) >= 11 is 0. The molecule has 0 aromatic heterocycles. The van der Waals surface area contributed by atoms with Crippen molar-refractivity contribution in [2.75, 3.05) is 13.2 Å². The van der Waals surface area contributed by atoms with E-state index in [4.69, 9.17) is 4.74 Å². The number of carbonyl (C=O) groups excluding carboxylic acids is 1. The SMILES string of the molecule is Cc1cc(O)c(O)cc1CCNC(=O)CCOc1ccccc1. The molecule has 0 unspecified atom stereocenters. The molecule has 5 heteroatoms. The first-order valence-corrected chi connectivity index (χ1v) is 7.52. The number of phenolic OH excluding ortho intramolecular Hbond substituents is 2. The summed E-state index contributed by atoms with van der Waals surface area (Å²) in [6.45, 7) is 2.65. The van der Waals surface area contributed by atoms with Crippen molar-refractivity contribution in [2.45, 2.75) is 19.8 Å². The molecule has 1 amide bonds. The molecule has 122 valence electrons. The fraction of sp³-hybridized carbons (Fsp3) is 0.278. The normalized spacial score (nSPS) is 10.3. The number of phenols is 2. The Hall–Kier alpha value is -2.69. The van der Waals surface area contributed by atoms with Gasteiger partial charge in [0.05, 0.1) is 13.0 Å². The van der Waals surface area contributed by atoms with Crippen LogP contribution in [0.4, 0.5) is 0 Å². The average molecular weight is 315 g/mol. The van der Waals surface area contributed by atoms with Crippen LogP contribution < -0.4 is 10.1 Å². The highest BCUT2D eigenvalue weighted by Gasteiger charge is 2.07. The Balaban J connectivity index is 1.70. The van der Waals surface area contributed by atoms with Gasteiger partial charge < -0.3 is 20.3 Å². The molecular weight excluding hydrogens is 294 g/mol. The van der Waals surface area contributed by atoms with E-state index in [0.29, 0.717) is 19.6 Å². The van der Waals surface area contributed by atoms with Crippen LogP contribution in [0, 0.1) is 6.92 Å².